The number of halogens is 1. The Morgan fingerprint density at radius 1 is 1.08 bits per heavy atom. The molecular weight excluding hydrogens is 508 g/mol. The maximum absolute atomic E-state index is 13.5. The number of aromatic nitrogens is 1. The van der Waals surface area contributed by atoms with Gasteiger partial charge in [-0.2, -0.15) is 0 Å². The number of aliphatic hydroxyl groups excluding tert-OH is 1. The van der Waals surface area contributed by atoms with Crippen molar-refractivity contribution in [1.82, 2.24) is 4.98 Å². The minimum Gasteiger partial charge on any atom is -0.507 e. The van der Waals surface area contributed by atoms with E-state index in [0.29, 0.717) is 45.1 Å². The van der Waals surface area contributed by atoms with E-state index in [4.69, 9.17) is 16.3 Å². The molecule has 1 atom stereocenters. The van der Waals surface area contributed by atoms with Gasteiger partial charge in [0.25, 0.3) is 5.78 Å². The molecular formula is C29H25ClN2O4S. The Hall–Kier alpha value is -3.68. The van der Waals surface area contributed by atoms with E-state index in [0.717, 1.165) is 10.3 Å². The van der Waals surface area contributed by atoms with Gasteiger partial charge in [0.1, 0.15) is 11.5 Å². The number of Topliss-reactive ketones (excluding diaryl/α,β-unsaturated/α-hetero) is 1. The van der Waals surface area contributed by atoms with Crippen molar-refractivity contribution in [3.8, 4) is 5.75 Å². The zero-order valence-corrected chi connectivity index (χ0v) is 22.1. The number of nitrogens with zero attached hydrogens (tertiary/aromatic N) is 2. The number of hydrogen-bond acceptors (Lipinski definition) is 6. The van der Waals surface area contributed by atoms with Crippen LogP contribution in [0.4, 0.5) is 5.13 Å². The lowest BCUT2D eigenvalue weighted by Crippen LogP contribution is -2.29. The number of amides is 1. The third-order valence-electron chi connectivity index (χ3n) is 6.35. The minimum absolute atomic E-state index is 0.0129. The number of carbonyl (C=O) groups is 2. The summed E-state index contributed by atoms with van der Waals surface area (Å²) in [6, 6.07) is 18.9. The van der Waals surface area contributed by atoms with Crippen molar-refractivity contribution in [2.24, 2.45) is 0 Å². The van der Waals surface area contributed by atoms with Crippen molar-refractivity contribution in [2.75, 3.05) is 11.5 Å². The van der Waals surface area contributed by atoms with Gasteiger partial charge in [0.05, 0.1) is 28.4 Å². The number of fused-ring (bicyclic) bond motifs is 1. The van der Waals surface area contributed by atoms with Crippen molar-refractivity contribution in [3.05, 3.63) is 94.0 Å². The fourth-order valence-corrected chi connectivity index (χ4v) is 5.57. The Morgan fingerprint density at radius 2 is 1.78 bits per heavy atom. The number of aliphatic hydroxyl groups is 1. The Morgan fingerprint density at radius 3 is 2.43 bits per heavy atom. The molecule has 0 saturated carbocycles. The van der Waals surface area contributed by atoms with Gasteiger partial charge >= 0.3 is 5.91 Å². The second kappa shape index (κ2) is 10.00. The number of ketones is 1. The largest absolute Gasteiger partial charge is 0.507 e. The van der Waals surface area contributed by atoms with Crippen LogP contribution >= 0.6 is 22.9 Å². The first-order valence-electron chi connectivity index (χ1n) is 12.0. The standard InChI is InChI=1S/C29H25ClN2O4S/c1-4-36-21-13-14-22-23(15-21)37-29(31-22)32-25(18-7-5-17(6-8-18)16(2)3)24(27(34)28(32)35)26(33)19-9-11-20(30)12-10-19/h5-16,25,33H,4H2,1-3H3. The van der Waals surface area contributed by atoms with Crippen LogP contribution in [-0.2, 0) is 9.59 Å². The van der Waals surface area contributed by atoms with Gasteiger partial charge in [0.2, 0.25) is 0 Å². The molecule has 0 bridgehead atoms. The molecule has 1 aromatic heterocycles. The minimum atomic E-state index is -0.844. The third kappa shape index (κ3) is 4.61. The summed E-state index contributed by atoms with van der Waals surface area (Å²) < 4.78 is 6.44. The van der Waals surface area contributed by atoms with Crippen LogP contribution in [0.15, 0.2) is 72.3 Å². The molecule has 0 aliphatic carbocycles. The Balaban J connectivity index is 1.68. The fourth-order valence-electron chi connectivity index (χ4n) is 4.42. The van der Waals surface area contributed by atoms with Gasteiger partial charge in [-0.25, -0.2) is 4.98 Å². The van der Waals surface area contributed by atoms with Crippen molar-refractivity contribution in [2.45, 2.75) is 32.7 Å². The Bertz CT molecular complexity index is 1520. The summed E-state index contributed by atoms with van der Waals surface area (Å²) in [6.07, 6.45) is 0. The third-order valence-corrected chi connectivity index (χ3v) is 7.62. The molecule has 1 N–H and O–H groups in total. The molecule has 1 fully saturated rings. The second-order valence-electron chi connectivity index (χ2n) is 9.06. The monoisotopic (exact) mass is 532 g/mol. The van der Waals surface area contributed by atoms with Gasteiger partial charge in [0, 0.05) is 10.6 Å². The van der Waals surface area contributed by atoms with E-state index in [1.807, 2.05) is 49.4 Å². The molecule has 2 heterocycles. The van der Waals surface area contributed by atoms with Crippen LogP contribution in [0.1, 0.15) is 49.4 Å². The summed E-state index contributed by atoms with van der Waals surface area (Å²) in [7, 11) is 0. The van der Waals surface area contributed by atoms with Crippen molar-refractivity contribution < 1.29 is 19.4 Å². The number of anilines is 1. The molecule has 0 radical (unpaired) electrons. The van der Waals surface area contributed by atoms with Crippen LogP contribution < -0.4 is 9.64 Å². The molecule has 6 nitrogen and oxygen atoms in total. The first-order chi connectivity index (χ1) is 17.8. The van der Waals surface area contributed by atoms with Crippen molar-refractivity contribution in [1.29, 1.82) is 0 Å². The van der Waals surface area contributed by atoms with E-state index in [1.165, 1.54) is 16.2 Å². The van der Waals surface area contributed by atoms with Crippen LogP contribution in [0, 0.1) is 0 Å². The molecule has 0 spiro atoms. The molecule has 1 aliphatic rings. The lowest BCUT2D eigenvalue weighted by Gasteiger charge is -2.23. The molecule has 3 aromatic carbocycles. The van der Waals surface area contributed by atoms with E-state index in [9.17, 15) is 14.7 Å². The number of ether oxygens (including phenoxy) is 1. The molecule has 4 aromatic rings. The number of carbonyl (C=O) groups excluding carboxylic acids is 2. The lowest BCUT2D eigenvalue weighted by atomic mass is 9.93. The van der Waals surface area contributed by atoms with Gasteiger partial charge in [-0.05, 0) is 66.4 Å². The average molecular weight is 533 g/mol. The van der Waals surface area contributed by atoms with E-state index >= 15 is 0 Å². The van der Waals surface area contributed by atoms with Crippen LogP contribution in [0.3, 0.4) is 0 Å². The maximum Gasteiger partial charge on any atom is 0.301 e. The first kappa shape index (κ1) is 25.0. The molecule has 1 aliphatic heterocycles. The molecule has 1 unspecified atom stereocenters. The van der Waals surface area contributed by atoms with Crippen LogP contribution in [0.25, 0.3) is 16.0 Å². The zero-order valence-electron chi connectivity index (χ0n) is 20.6. The SMILES string of the molecule is CCOc1ccc2nc(N3C(=O)C(=O)C(=C(O)c4ccc(Cl)cc4)C3c3ccc(C(C)C)cc3)sc2c1. The maximum atomic E-state index is 13.5. The molecule has 1 saturated heterocycles. The number of rotatable bonds is 6. The highest BCUT2D eigenvalue weighted by Gasteiger charge is 2.48. The molecule has 1 amide bonds. The highest BCUT2D eigenvalue weighted by atomic mass is 35.5. The number of thiazole rings is 1. The molecule has 188 valence electrons. The lowest BCUT2D eigenvalue weighted by molar-refractivity contribution is -0.132. The van der Waals surface area contributed by atoms with E-state index in [2.05, 4.69) is 18.8 Å². The van der Waals surface area contributed by atoms with Crippen LogP contribution in [-0.4, -0.2) is 28.4 Å². The molecule has 8 heteroatoms. The molecule has 37 heavy (non-hydrogen) atoms. The summed E-state index contributed by atoms with van der Waals surface area (Å²) in [6.45, 7) is 6.63. The topological polar surface area (TPSA) is 79.7 Å². The van der Waals surface area contributed by atoms with E-state index < -0.39 is 17.7 Å². The number of benzene rings is 3. The van der Waals surface area contributed by atoms with Crippen molar-refractivity contribution >= 4 is 55.7 Å². The predicted octanol–water partition coefficient (Wildman–Crippen LogP) is 7.10. The summed E-state index contributed by atoms with van der Waals surface area (Å²) in [5.41, 5.74) is 2.93. The smallest absolute Gasteiger partial charge is 0.301 e. The second-order valence-corrected chi connectivity index (χ2v) is 10.5. The van der Waals surface area contributed by atoms with Crippen molar-refractivity contribution in [3.63, 3.8) is 0 Å². The van der Waals surface area contributed by atoms with Crippen LogP contribution in [0.2, 0.25) is 5.02 Å². The van der Waals surface area contributed by atoms with Crippen LogP contribution in [0.5, 0.6) is 5.75 Å². The van der Waals surface area contributed by atoms with E-state index in [1.54, 1.807) is 24.3 Å². The fraction of sp³-hybridized carbons (Fsp3) is 0.207. The van der Waals surface area contributed by atoms with Gasteiger partial charge < -0.3 is 9.84 Å². The Labute approximate surface area is 223 Å². The summed E-state index contributed by atoms with van der Waals surface area (Å²) >= 11 is 7.32. The van der Waals surface area contributed by atoms with Gasteiger partial charge in [-0.1, -0.05) is 61.1 Å². The van der Waals surface area contributed by atoms with Gasteiger partial charge in [-0.3, -0.25) is 14.5 Å². The normalized spacial score (nSPS) is 17.2. The zero-order chi connectivity index (χ0) is 26.3. The summed E-state index contributed by atoms with van der Waals surface area (Å²) in [5, 5.41) is 12.1. The van der Waals surface area contributed by atoms with Gasteiger partial charge in [-0.15, -0.1) is 0 Å². The van der Waals surface area contributed by atoms with Gasteiger partial charge in [0.15, 0.2) is 5.13 Å². The first-order valence-corrected chi connectivity index (χ1v) is 13.2. The quantitative estimate of drug-likeness (QED) is 0.163. The highest BCUT2D eigenvalue weighted by molar-refractivity contribution is 7.22. The molecule has 5 rings (SSSR count). The average Bonchev–Trinajstić information content (AvgIpc) is 3.42. The number of hydrogen-bond donors (Lipinski definition) is 1. The highest BCUT2D eigenvalue weighted by Crippen LogP contribution is 2.44. The summed E-state index contributed by atoms with van der Waals surface area (Å²) in [4.78, 5) is 32.9. The van der Waals surface area contributed by atoms with E-state index in [-0.39, 0.29) is 11.3 Å². The Kier molecular flexibility index (Phi) is 6.75. The predicted molar refractivity (Wildman–Crippen MR) is 148 cm³/mol. The summed E-state index contributed by atoms with van der Waals surface area (Å²) in [5.74, 6) is -0.735.